The summed E-state index contributed by atoms with van der Waals surface area (Å²) >= 11 is 0. The first-order chi connectivity index (χ1) is 13.6. The zero-order chi connectivity index (χ0) is 19.9. The van der Waals surface area contributed by atoms with Gasteiger partial charge in [0, 0.05) is 32.1 Å². The molecule has 3 amide bonds. The van der Waals surface area contributed by atoms with Crippen LogP contribution < -0.4 is 10.6 Å². The highest BCUT2D eigenvalue weighted by atomic mass is 16.2. The van der Waals surface area contributed by atoms with Crippen molar-refractivity contribution in [2.75, 3.05) is 19.6 Å². The van der Waals surface area contributed by atoms with Crippen molar-refractivity contribution in [1.82, 2.24) is 15.5 Å². The molecule has 1 saturated heterocycles. The molecule has 28 heavy (non-hydrogen) atoms. The van der Waals surface area contributed by atoms with Gasteiger partial charge in [-0.2, -0.15) is 0 Å². The number of benzene rings is 2. The predicted molar refractivity (Wildman–Crippen MR) is 111 cm³/mol. The van der Waals surface area contributed by atoms with Gasteiger partial charge in [-0.3, -0.25) is 4.79 Å². The first kappa shape index (κ1) is 19.9. The van der Waals surface area contributed by atoms with E-state index in [1.54, 1.807) is 4.90 Å². The lowest BCUT2D eigenvalue weighted by molar-refractivity contribution is -0.126. The number of urea groups is 1. The summed E-state index contributed by atoms with van der Waals surface area (Å²) in [4.78, 5) is 27.1. The fraction of sp³-hybridized carbons (Fsp3) is 0.391. The number of rotatable bonds is 5. The quantitative estimate of drug-likeness (QED) is 0.836. The number of nitrogens with one attached hydrogen (secondary N) is 2. The van der Waals surface area contributed by atoms with Crippen molar-refractivity contribution in [3.05, 3.63) is 71.3 Å². The highest BCUT2D eigenvalue weighted by Gasteiger charge is 2.34. The first-order valence-electron chi connectivity index (χ1n) is 9.97. The van der Waals surface area contributed by atoms with E-state index >= 15 is 0 Å². The standard InChI is InChI=1S/C23H29N3O2/c1-3-24-22(27)21-13-20(19-11-7-8-17(2)12-19)15-26(16-21)23(28)25-14-18-9-5-4-6-10-18/h4-12,20-21H,3,13-16H2,1-2H3,(H,24,27)(H,25,28). The van der Waals surface area contributed by atoms with Gasteiger partial charge in [0.1, 0.15) is 0 Å². The molecule has 0 aliphatic carbocycles. The maximum atomic E-state index is 12.8. The van der Waals surface area contributed by atoms with Gasteiger partial charge < -0.3 is 15.5 Å². The summed E-state index contributed by atoms with van der Waals surface area (Å²) in [5, 5.41) is 5.92. The number of carbonyl (C=O) groups is 2. The van der Waals surface area contributed by atoms with Crippen molar-refractivity contribution >= 4 is 11.9 Å². The Hall–Kier alpha value is -2.82. The first-order valence-corrected chi connectivity index (χ1v) is 9.97. The van der Waals surface area contributed by atoms with E-state index in [1.807, 2.05) is 43.3 Å². The lowest BCUT2D eigenvalue weighted by Gasteiger charge is -2.37. The van der Waals surface area contributed by atoms with E-state index in [4.69, 9.17) is 0 Å². The van der Waals surface area contributed by atoms with Crippen LogP contribution in [-0.4, -0.2) is 36.5 Å². The summed E-state index contributed by atoms with van der Waals surface area (Å²) in [7, 11) is 0. The number of aryl methyl sites for hydroxylation is 1. The van der Waals surface area contributed by atoms with E-state index in [0.717, 1.165) is 12.0 Å². The van der Waals surface area contributed by atoms with Gasteiger partial charge in [-0.05, 0) is 31.4 Å². The maximum Gasteiger partial charge on any atom is 0.317 e. The van der Waals surface area contributed by atoms with Crippen molar-refractivity contribution in [3.63, 3.8) is 0 Å². The number of carbonyl (C=O) groups excluding carboxylic acids is 2. The number of amides is 3. The van der Waals surface area contributed by atoms with Gasteiger partial charge in [-0.25, -0.2) is 4.79 Å². The normalized spacial score (nSPS) is 19.1. The molecule has 2 unspecified atom stereocenters. The summed E-state index contributed by atoms with van der Waals surface area (Å²) in [6, 6.07) is 18.1. The molecular weight excluding hydrogens is 350 g/mol. The Morgan fingerprint density at radius 1 is 1.04 bits per heavy atom. The summed E-state index contributed by atoms with van der Waals surface area (Å²) in [6.07, 6.45) is 0.762. The Bertz CT molecular complexity index is 807. The van der Waals surface area contributed by atoms with Crippen molar-refractivity contribution in [1.29, 1.82) is 0 Å². The smallest absolute Gasteiger partial charge is 0.317 e. The van der Waals surface area contributed by atoms with E-state index in [2.05, 4.69) is 35.8 Å². The SMILES string of the molecule is CCNC(=O)C1CC(c2cccc(C)c2)CN(C(=O)NCc2ccccc2)C1. The topological polar surface area (TPSA) is 61.4 Å². The highest BCUT2D eigenvalue weighted by Crippen LogP contribution is 2.31. The van der Waals surface area contributed by atoms with Crippen LogP contribution in [0.25, 0.3) is 0 Å². The third kappa shape index (κ3) is 5.12. The van der Waals surface area contributed by atoms with Gasteiger partial charge in [-0.15, -0.1) is 0 Å². The molecule has 2 N–H and O–H groups in total. The minimum absolute atomic E-state index is 0.0284. The summed E-state index contributed by atoms with van der Waals surface area (Å²) in [5.41, 5.74) is 3.44. The molecule has 0 aromatic heterocycles. The predicted octanol–water partition coefficient (Wildman–Crippen LogP) is 3.45. The van der Waals surface area contributed by atoms with Crippen molar-refractivity contribution in [2.45, 2.75) is 32.7 Å². The molecule has 0 radical (unpaired) electrons. The summed E-state index contributed by atoms with van der Waals surface area (Å²) in [5.74, 6) is -0.00821. The van der Waals surface area contributed by atoms with Crippen LogP contribution in [0.3, 0.4) is 0 Å². The Kier molecular flexibility index (Phi) is 6.69. The zero-order valence-electron chi connectivity index (χ0n) is 16.7. The molecule has 0 spiro atoms. The minimum Gasteiger partial charge on any atom is -0.356 e. The van der Waals surface area contributed by atoms with E-state index in [9.17, 15) is 9.59 Å². The third-order valence-electron chi connectivity index (χ3n) is 5.26. The Morgan fingerprint density at radius 2 is 1.82 bits per heavy atom. The molecule has 1 aliphatic heterocycles. The van der Waals surface area contributed by atoms with Gasteiger partial charge in [0.2, 0.25) is 5.91 Å². The molecule has 0 saturated carbocycles. The minimum atomic E-state index is -0.193. The van der Waals surface area contributed by atoms with Crippen molar-refractivity contribution in [3.8, 4) is 0 Å². The van der Waals surface area contributed by atoms with Crippen LogP contribution in [0.5, 0.6) is 0 Å². The van der Waals surface area contributed by atoms with Gasteiger partial charge in [0.15, 0.2) is 0 Å². The summed E-state index contributed by atoms with van der Waals surface area (Å²) < 4.78 is 0. The lowest BCUT2D eigenvalue weighted by Crippen LogP contribution is -2.51. The van der Waals surface area contributed by atoms with E-state index < -0.39 is 0 Å². The van der Waals surface area contributed by atoms with Gasteiger partial charge in [0.25, 0.3) is 0 Å². The van der Waals surface area contributed by atoms with E-state index in [-0.39, 0.29) is 23.8 Å². The average Bonchev–Trinajstić information content (AvgIpc) is 2.72. The molecule has 0 bridgehead atoms. The largest absolute Gasteiger partial charge is 0.356 e. The van der Waals surface area contributed by atoms with E-state index in [1.165, 1.54) is 11.1 Å². The number of nitrogens with zero attached hydrogens (tertiary/aromatic N) is 1. The van der Waals surface area contributed by atoms with Crippen LogP contribution >= 0.6 is 0 Å². The number of hydrogen-bond acceptors (Lipinski definition) is 2. The number of hydrogen-bond donors (Lipinski definition) is 2. The Labute approximate surface area is 167 Å². The summed E-state index contributed by atoms with van der Waals surface area (Å²) in [6.45, 7) is 6.15. The second kappa shape index (κ2) is 9.40. The van der Waals surface area contributed by atoms with Crippen LogP contribution in [0.15, 0.2) is 54.6 Å². The third-order valence-corrected chi connectivity index (χ3v) is 5.26. The second-order valence-electron chi connectivity index (χ2n) is 7.49. The molecule has 1 heterocycles. The molecule has 1 fully saturated rings. The maximum absolute atomic E-state index is 12.8. The van der Waals surface area contributed by atoms with Crippen LogP contribution in [0.4, 0.5) is 4.79 Å². The highest BCUT2D eigenvalue weighted by molar-refractivity contribution is 5.81. The Morgan fingerprint density at radius 3 is 2.54 bits per heavy atom. The molecule has 5 heteroatoms. The lowest BCUT2D eigenvalue weighted by atomic mass is 9.83. The molecule has 5 nitrogen and oxygen atoms in total. The van der Waals surface area contributed by atoms with Crippen LogP contribution in [-0.2, 0) is 11.3 Å². The second-order valence-corrected chi connectivity index (χ2v) is 7.49. The Balaban J connectivity index is 1.72. The number of likely N-dealkylation sites (tertiary alicyclic amines) is 1. The van der Waals surface area contributed by atoms with Gasteiger partial charge in [0.05, 0.1) is 5.92 Å². The van der Waals surface area contributed by atoms with Gasteiger partial charge >= 0.3 is 6.03 Å². The number of piperidine rings is 1. The van der Waals surface area contributed by atoms with Crippen molar-refractivity contribution in [2.24, 2.45) is 5.92 Å². The molecule has 2 aromatic rings. The van der Waals surface area contributed by atoms with Crippen LogP contribution in [0.2, 0.25) is 0 Å². The van der Waals surface area contributed by atoms with E-state index in [0.29, 0.717) is 26.2 Å². The average molecular weight is 380 g/mol. The molecule has 2 atom stereocenters. The fourth-order valence-corrected chi connectivity index (χ4v) is 3.82. The molecular formula is C23H29N3O2. The fourth-order valence-electron chi connectivity index (χ4n) is 3.82. The van der Waals surface area contributed by atoms with Crippen LogP contribution in [0.1, 0.15) is 36.0 Å². The van der Waals surface area contributed by atoms with Gasteiger partial charge in [-0.1, -0.05) is 60.2 Å². The molecule has 1 aliphatic rings. The van der Waals surface area contributed by atoms with Crippen molar-refractivity contribution < 1.29 is 9.59 Å². The monoisotopic (exact) mass is 379 g/mol. The zero-order valence-corrected chi connectivity index (χ0v) is 16.7. The molecule has 148 valence electrons. The molecule has 3 rings (SSSR count). The molecule has 2 aromatic carbocycles. The van der Waals surface area contributed by atoms with Crippen LogP contribution in [0, 0.1) is 12.8 Å².